The fourth-order valence-corrected chi connectivity index (χ4v) is 1.44. The van der Waals surface area contributed by atoms with Gasteiger partial charge in [0.25, 0.3) is 5.91 Å². The molecular formula is C12H15N5O. The fourth-order valence-electron chi connectivity index (χ4n) is 1.44. The van der Waals surface area contributed by atoms with Gasteiger partial charge in [0.2, 0.25) is 0 Å². The van der Waals surface area contributed by atoms with Crippen LogP contribution < -0.4 is 5.32 Å². The maximum atomic E-state index is 11.8. The van der Waals surface area contributed by atoms with E-state index in [4.69, 9.17) is 0 Å². The van der Waals surface area contributed by atoms with Crippen LogP contribution in [0.15, 0.2) is 30.6 Å². The minimum absolute atomic E-state index is 0.0630. The Labute approximate surface area is 105 Å². The maximum Gasteiger partial charge on any atom is 0.251 e. The molecule has 0 radical (unpaired) electrons. The van der Waals surface area contributed by atoms with Crippen LogP contribution >= 0.6 is 0 Å². The second-order valence-corrected chi connectivity index (χ2v) is 4.41. The predicted octanol–water partition coefficient (Wildman–Crippen LogP) is 1.05. The number of nitrogens with zero attached hydrogens (tertiary/aromatic N) is 4. The van der Waals surface area contributed by atoms with Gasteiger partial charge in [-0.05, 0) is 40.6 Å². The van der Waals surface area contributed by atoms with Crippen LogP contribution in [0.5, 0.6) is 0 Å². The van der Waals surface area contributed by atoms with E-state index in [9.17, 15) is 4.79 Å². The van der Waals surface area contributed by atoms with Crippen LogP contribution in [0, 0.1) is 5.92 Å². The van der Waals surface area contributed by atoms with Gasteiger partial charge < -0.3 is 5.32 Å². The molecule has 2 aromatic rings. The minimum atomic E-state index is -0.0630. The summed E-state index contributed by atoms with van der Waals surface area (Å²) in [5.41, 5.74) is 1.45. The molecule has 1 heterocycles. The summed E-state index contributed by atoms with van der Waals surface area (Å²) in [6.07, 6.45) is 1.51. The summed E-state index contributed by atoms with van der Waals surface area (Å²) < 4.78 is 1.54. The molecule has 0 atom stereocenters. The molecule has 0 saturated heterocycles. The van der Waals surface area contributed by atoms with E-state index in [1.165, 1.54) is 11.0 Å². The van der Waals surface area contributed by atoms with Crippen LogP contribution in [0.25, 0.3) is 5.69 Å². The molecule has 1 aromatic heterocycles. The Bertz CT molecular complexity index is 504. The van der Waals surface area contributed by atoms with Gasteiger partial charge in [0.05, 0.1) is 5.69 Å². The van der Waals surface area contributed by atoms with Gasteiger partial charge in [0, 0.05) is 12.1 Å². The molecule has 18 heavy (non-hydrogen) atoms. The molecular weight excluding hydrogens is 230 g/mol. The monoisotopic (exact) mass is 245 g/mol. The number of tetrazole rings is 1. The van der Waals surface area contributed by atoms with Gasteiger partial charge >= 0.3 is 0 Å². The second-order valence-electron chi connectivity index (χ2n) is 4.41. The fraction of sp³-hybridized carbons (Fsp3) is 0.333. The number of nitrogens with one attached hydrogen (secondary N) is 1. The van der Waals surface area contributed by atoms with Gasteiger partial charge in [0.1, 0.15) is 6.33 Å². The van der Waals surface area contributed by atoms with Gasteiger partial charge in [-0.3, -0.25) is 4.79 Å². The van der Waals surface area contributed by atoms with Crippen LogP contribution in [-0.4, -0.2) is 32.7 Å². The maximum absolute atomic E-state index is 11.8. The normalized spacial score (nSPS) is 10.6. The van der Waals surface area contributed by atoms with Crippen LogP contribution in [-0.2, 0) is 0 Å². The van der Waals surface area contributed by atoms with Gasteiger partial charge in [-0.25, -0.2) is 4.68 Å². The van der Waals surface area contributed by atoms with Crippen LogP contribution in [0.1, 0.15) is 24.2 Å². The molecule has 1 aromatic carbocycles. The zero-order chi connectivity index (χ0) is 13.0. The number of amides is 1. The lowest BCUT2D eigenvalue weighted by Gasteiger charge is -2.07. The van der Waals surface area contributed by atoms with Crippen molar-refractivity contribution in [2.24, 2.45) is 5.92 Å². The van der Waals surface area contributed by atoms with Crippen molar-refractivity contribution in [2.75, 3.05) is 6.54 Å². The zero-order valence-electron chi connectivity index (χ0n) is 10.4. The Hall–Kier alpha value is -2.24. The SMILES string of the molecule is CC(C)CNC(=O)c1ccc(-n2cnnn2)cc1. The van der Waals surface area contributed by atoms with Gasteiger partial charge in [0.15, 0.2) is 0 Å². The summed E-state index contributed by atoms with van der Waals surface area (Å²) >= 11 is 0. The molecule has 94 valence electrons. The van der Waals surface area contributed by atoms with Crippen molar-refractivity contribution in [1.29, 1.82) is 0 Å². The Balaban J connectivity index is 2.06. The number of hydrogen-bond acceptors (Lipinski definition) is 4. The molecule has 6 heteroatoms. The standard InChI is InChI=1S/C12H15N5O/c1-9(2)7-13-12(18)10-3-5-11(6-4-10)17-8-14-15-16-17/h3-6,8-9H,7H2,1-2H3,(H,13,18). The molecule has 1 N–H and O–H groups in total. The van der Waals surface area contributed by atoms with E-state index in [0.717, 1.165) is 5.69 Å². The lowest BCUT2D eigenvalue weighted by Crippen LogP contribution is -2.27. The van der Waals surface area contributed by atoms with Crippen LogP contribution in [0.2, 0.25) is 0 Å². The first kappa shape index (κ1) is 12.2. The number of rotatable bonds is 4. The number of carbonyl (C=O) groups excluding carboxylic acids is 1. The Morgan fingerprint density at radius 3 is 2.61 bits per heavy atom. The van der Waals surface area contributed by atoms with Crippen molar-refractivity contribution >= 4 is 5.91 Å². The van der Waals surface area contributed by atoms with Crippen molar-refractivity contribution in [2.45, 2.75) is 13.8 Å². The molecule has 0 spiro atoms. The summed E-state index contributed by atoms with van der Waals surface area (Å²) in [5, 5.41) is 13.8. The molecule has 0 aliphatic carbocycles. The Morgan fingerprint density at radius 2 is 2.06 bits per heavy atom. The van der Waals surface area contributed by atoms with Crippen molar-refractivity contribution in [1.82, 2.24) is 25.5 Å². The van der Waals surface area contributed by atoms with Crippen LogP contribution in [0.3, 0.4) is 0 Å². The average molecular weight is 245 g/mol. The van der Waals surface area contributed by atoms with E-state index in [2.05, 4.69) is 34.7 Å². The summed E-state index contributed by atoms with van der Waals surface area (Å²) in [6.45, 7) is 4.79. The second kappa shape index (κ2) is 5.39. The summed E-state index contributed by atoms with van der Waals surface area (Å²) in [7, 11) is 0. The molecule has 0 unspecified atom stereocenters. The number of benzene rings is 1. The molecule has 0 bridgehead atoms. The van der Waals surface area contributed by atoms with Gasteiger partial charge in [-0.1, -0.05) is 13.8 Å². The largest absolute Gasteiger partial charge is 0.352 e. The van der Waals surface area contributed by atoms with Gasteiger partial charge in [-0.2, -0.15) is 0 Å². The summed E-state index contributed by atoms with van der Waals surface area (Å²) in [5.74, 6) is 0.376. The predicted molar refractivity (Wildman–Crippen MR) is 66.3 cm³/mol. The number of hydrogen-bond donors (Lipinski definition) is 1. The topological polar surface area (TPSA) is 72.7 Å². The average Bonchev–Trinajstić information content (AvgIpc) is 2.90. The third kappa shape index (κ3) is 2.91. The van der Waals surface area contributed by atoms with Crippen LogP contribution in [0.4, 0.5) is 0 Å². The molecule has 0 saturated carbocycles. The minimum Gasteiger partial charge on any atom is -0.352 e. The first-order valence-corrected chi connectivity index (χ1v) is 5.78. The van der Waals surface area contributed by atoms with Crippen molar-refractivity contribution < 1.29 is 4.79 Å². The van der Waals surface area contributed by atoms with E-state index in [0.29, 0.717) is 18.0 Å². The van der Waals surface area contributed by atoms with Crippen molar-refractivity contribution in [3.8, 4) is 5.69 Å². The summed E-state index contributed by atoms with van der Waals surface area (Å²) in [4.78, 5) is 11.8. The quantitative estimate of drug-likeness (QED) is 0.873. The lowest BCUT2D eigenvalue weighted by molar-refractivity contribution is 0.0949. The summed E-state index contributed by atoms with van der Waals surface area (Å²) in [6, 6.07) is 7.13. The Kier molecular flexibility index (Phi) is 3.66. The van der Waals surface area contributed by atoms with E-state index in [1.807, 2.05) is 0 Å². The number of aromatic nitrogens is 4. The highest BCUT2D eigenvalue weighted by Crippen LogP contribution is 2.07. The highest BCUT2D eigenvalue weighted by atomic mass is 16.1. The molecule has 6 nitrogen and oxygen atoms in total. The first-order chi connectivity index (χ1) is 8.66. The number of carbonyl (C=O) groups is 1. The third-order valence-electron chi connectivity index (χ3n) is 2.41. The highest BCUT2D eigenvalue weighted by molar-refractivity contribution is 5.94. The molecule has 2 rings (SSSR count). The first-order valence-electron chi connectivity index (χ1n) is 5.78. The molecule has 0 aliphatic heterocycles. The lowest BCUT2D eigenvalue weighted by atomic mass is 10.1. The van der Waals surface area contributed by atoms with E-state index in [1.54, 1.807) is 24.3 Å². The van der Waals surface area contributed by atoms with E-state index in [-0.39, 0.29) is 5.91 Å². The molecule has 0 aliphatic rings. The Morgan fingerprint density at radius 1 is 1.33 bits per heavy atom. The molecule has 0 fully saturated rings. The van der Waals surface area contributed by atoms with Crippen molar-refractivity contribution in [3.05, 3.63) is 36.2 Å². The highest BCUT2D eigenvalue weighted by Gasteiger charge is 2.06. The third-order valence-corrected chi connectivity index (χ3v) is 2.41. The van der Waals surface area contributed by atoms with Crippen molar-refractivity contribution in [3.63, 3.8) is 0 Å². The van der Waals surface area contributed by atoms with E-state index < -0.39 is 0 Å². The van der Waals surface area contributed by atoms with Gasteiger partial charge in [-0.15, -0.1) is 5.10 Å². The van der Waals surface area contributed by atoms with E-state index >= 15 is 0 Å². The smallest absolute Gasteiger partial charge is 0.251 e. The molecule has 1 amide bonds. The zero-order valence-corrected chi connectivity index (χ0v) is 10.4.